The first kappa shape index (κ1) is 7.66. The van der Waals surface area contributed by atoms with E-state index in [0.717, 1.165) is 5.39 Å². The van der Waals surface area contributed by atoms with Crippen LogP contribution < -0.4 is 5.32 Å². The number of hydrogen-bond acceptors (Lipinski definition) is 4. The first-order chi connectivity index (χ1) is 6.33. The molecule has 0 atom stereocenters. The fraction of sp³-hybridized carbons (Fsp3) is 0.143. The smallest absolute Gasteiger partial charge is 0.212 e. The van der Waals surface area contributed by atoms with Crippen LogP contribution >= 0.6 is 0 Å². The second-order valence-electron chi connectivity index (χ2n) is 2.49. The van der Waals surface area contributed by atoms with Crippen molar-refractivity contribution in [2.45, 2.75) is 0 Å². The lowest BCUT2D eigenvalue weighted by atomic mass is 10.4. The number of anilines is 1. The van der Waals surface area contributed by atoms with Gasteiger partial charge in [0, 0.05) is 7.05 Å². The Balaban J connectivity index is 2.69. The number of nitrogens with one attached hydrogen (secondary N) is 1. The molecule has 0 radical (unpaired) electrons. The molecule has 13 heavy (non-hydrogen) atoms. The van der Waals surface area contributed by atoms with Crippen molar-refractivity contribution in [1.82, 2.24) is 19.7 Å². The van der Waals surface area contributed by atoms with Crippen molar-refractivity contribution in [2.75, 3.05) is 5.32 Å². The minimum Gasteiger partial charge on any atom is -0.313 e. The van der Waals surface area contributed by atoms with Gasteiger partial charge in [0.15, 0.2) is 5.65 Å². The van der Waals surface area contributed by atoms with E-state index in [-0.39, 0.29) is 0 Å². The quantitative estimate of drug-likeness (QED) is 0.652. The van der Waals surface area contributed by atoms with Crippen molar-refractivity contribution in [2.24, 2.45) is 7.05 Å². The average Bonchev–Trinajstić information content (AvgIpc) is 2.50. The highest BCUT2D eigenvalue weighted by atomic mass is 16.1. The van der Waals surface area contributed by atoms with E-state index in [1.54, 1.807) is 17.9 Å². The minimum atomic E-state index is 0.480. The van der Waals surface area contributed by atoms with Crippen LogP contribution in [0.2, 0.25) is 0 Å². The zero-order valence-electron chi connectivity index (χ0n) is 6.93. The van der Waals surface area contributed by atoms with Gasteiger partial charge in [-0.3, -0.25) is 9.48 Å². The molecule has 6 nitrogen and oxygen atoms in total. The molecule has 0 fully saturated rings. The highest BCUT2D eigenvalue weighted by Crippen LogP contribution is 2.16. The molecule has 2 aromatic heterocycles. The molecule has 0 aliphatic carbocycles. The summed E-state index contributed by atoms with van der Waals surface area (Å²) in [6.45, 7) is 0. The van der Waals surface area contributed by atoms with E-state index in [0.29, 0.717) is 17.9 Å². The molecule has 66 valence electrons. The van der Waals surface area contributed by atoms with E-state index in [1.165, 1.54) is 6.33 Å². The molecule has 2 rings (SSSR count). The maximum Gasteiger partial charge on any atom is 0.212 e. The number of nitrogens with zero attached hydrogens (tertiary/aromatic N) is 4. The Hall–Kier alpha value is -1.98. The Bertz CT molecular complexity index is 449. The number of amides is 1. The van der Waals surface area contributed by atoms with E-state index in [9.17, 15) is 4.79 Å². The second kappa shape index (κ2) is 2.81. The van der Waals surface area contributed by atoms with E-state index in [1.807, 2.05) is 0 Å². The van der Waals surface area contributed by atoms with Crippen LogP contribution in [0.15, 0.2) is 12.5 Å². The van der Waals surface area contributed by atoms with Crippen molar-refractivity contribution < 1.29 is 4.79 Å². The number of aromatic nitrogens is 4. The van der Waals surface area contributed by atoms with Gasteiger partial charge in [0.05, 0.1) is 11.6 Å². The maximum atomic E-state index is 10.2. The van der Waals surface area contributed by atoms with Crippen LogP contribution in [-0.4, -0.2) is 26.2 Å². The van der Waals surface area contributed by atoms with Gasteiger partial charge in [0.1, 0.15) is 12.1 Å². The highest BCUT2D eigenvalue weighted by molar-refractivity contribution is 5.90. The largest absolute Gasteiger partial charge is 0.313 e. The third-order valence-electron chi connectivity index (χ3n) is 1.73. The van der Waals surface area contributed by atoms with E-state index in [2.05, 4.69) is 20.4 Å². The lowest BCUT2D eigenvalue weighted by Gasteiger charge is -1.97. The zero-order chi connectivity index (χ0) is 9.26. The van der Waals surface area contributed by atoms with Gasteiger partial charge in [0.25, 0.3) is 0 Å². The topological polar surface area (TPSA) is 72.7 Å². The number of fused-ring (bicyclic) bond motifs is 1. The molecule has 1 N–H and O–H groups in total. The minimum absolute atomic E-state index is 0.480. The Kier molecular flexibility index (Phi) is 1.66. The van der Waals surface area contributed by atoms with Crippen molar-refractivity contribution >= 4 is 23.3 Å². The van der Waals surface area contributed by atoms with Crippen LogP contribution in [0.4, 0.5) is 5.82 Å². The van der Waals surface area contributed by atoms with Crippen molar-refractivity contribution in [3.05, 3.63) is 12.5 Å². The van der Waals surface area contributed by atoms with E-state index >= 15 is 0 Å². The Labute approximate surface area is 73.6 Å². The van der Waals surface area contributed by atoms with Gasteiger partial charge in [-0.25, -0.2) is 9.97 Å². The molecule has 0 aliphatic rings. The van der Waals surface area contributed by atoms with Crippen LogP contribution in [0.3, 0.4) is 0 Å². The SMILES string of the molecule is Cn1ncc2c(NC=O)ncnc21. The summed E-state index contributed by atoms with van der Waals surface area (Å²) in [7, 11) is 1.78. The highest BCUT2D eigenvalue weighted by Gasteiger charge is 2.05. The fourth-order valence-electron chi connectivity index (χ4n) is 1.13. The molecule has 2 aromatic rings. The third kappa shape index (κ3) is 1.12. The summed E-state index contributed by atoms with van der Waals surface area (Å²) >= 11 is 0. The summed E-state index contributed by atoms with van der Waals surface area (Å²) in [6.07, 6.45) is 3.58. The van der Waals surface area contributed by atoms with Gasteiger partial charge < -0.3 is 5.32 Å². The molecular formula is C7H7N5O. The normalized spacial score (nSPS) is 10.2. The molecule has 0 bridgehead atoms. The molecule has 0 spiro atoms. The van der Waals surface area contributed by atoms with Crippen LogP contribution in [0.5, 0.6) is 0 Å². The maximum absolute atomic E-state index is 10.2. The predicted molar refractivity (Wildman–Crippen MR) is 46.0 cm³/mol. The molecule has 1 amide bonds. The molecule has 0 aliphatic heterocycles. The molecule has 0 saturated heterocycles. The Morgan fingerprint density at radius 1 is 1.54 bits per heavy atom. The van der Waals surface area contributed by atoms with Gasteiger partial charge in [-0.2, -0.15) is 5.10 Å². The molecule has 0 saturated carbocycles. The van der Waals surface area contributed by atoms with E-state index < -0.39 is 0 Å². The number of rotatable bonds is 2. The number of aryl methyl sites for hydroxylation is 1. The standard InChI is InChI=1S/C7H7N5O/c1-12-7-5(2-11-12)6(10-4-13)8-3-9-7/h2-4H,1H3,(H,8,9,10,13). The van der Waals surface area contributed by atoms with Gasteiger partial charge in [0.2, 0.25) is 6.41 Å². The van der Waals surface area contributed by atoms with Crippen molar-refractivity contribution in [1.29, 1.82) is 0 Å². The first-order valence-electron chi connectivity index (χ1n) is 3.66. The van der Waals surface area contributed by atoms with Gasteiger partial charge in [-0.15, -0.1) is 0 Å². The number of hydrogen-bond donors (Lipinski definition) is 1. The summed E-state index contributed by atoms with van der Waals surface area (Å²) in [4.78, 5) is 18.1. The molecule has 2 heterocycles. The second-order valence-corrected chi connectivity index (χ2v) is 2.49. The Morgan fingerprint density at radius 2 is 2.38 bits per heavy atom. The summed E-state index contributed by atoms with van der Waals surface area (Å²) in [5, 5.41) is 7.21. The predicted octanol–water partition coefficient (Wildman–Crippen LogP) is -0.0684. The van der Waals surface area contributed by atoms with Crippen molar-refractivity contribution in [3.63, 3.8) is 0 Å². The third-order valence-corrected chi connectivity index (χ3v) is 1.73. The Morgan fingerprint density at radius 3 is 3.15 bits per heavy atom. The fourth-order valence-corrected chi connectivity index (χ4v) is 1.13. The lowest BCUT2D eigenvalue weighted by molar-refractivity contribution is -0.105. The average molecular weight is 177 g/mol. The summed E-state index contributed by atoms with van der Waals surface area (Å²) < 4.78 is 1.62. The number of carbonyl (C=O) groups excluding carboxylic acids is 1. The van der Waals surface area contributed by atoms with E-state index in [4.69, 9.17) is 0 Å². The molecular weight excluding hydrogens is 170 g/mol. The van der Waals surface area contributed by atoms with Crippen LogP contribution in [0.1, 0.15) is 0 Å². The monoisotopic (exact) mass is 177 g/mol. The van der Waals surface area contributed by atoms with Crippen LogP contribution in [-0.2, 0) is 11.8 Å². The van der Waals surface area contributed by atoms with Crippen LogP contribution in [0.25, 0.3) is 11.0 Å². The van der Waals surface area contributed by atoms with Crippen molar-refractivity contribution in [3.8, 4) is 0 Å². The molecule has 6 heteroatoms. The zero-order valence-corrected chi connectivity index (χ0v) is 6.93. The van der Waals surface area contributed by atoms with Gasteiger partial charge in [-0.05, 0) is 0 Å². The van der Waals surface area contributed by atoms with Gasteiger partial charge >= 0.3 is 0 Å². The number of carbonyl (C=O) groups is 1. The summed E-state index contributed by atoms with van der Waals surface area (Å²) in [5.74, 6) is 0.480. The summed E-state index contributed by atoms with van der Waals surface area (Å²) in [6, 6.07) is 0. The molecule has 0 aromatic carbocycles. The summed E-state index contributed by atoms with van der Waals surface area (Å²) in [5.41, 5.74) is 0.694. The van der Waals surface area contributed by atoms with Crippen LogP contribution in [0, 0.1) is 0 Å². The van der Waals surface area contributed by atoms with Gasteiger partial charge in [-0.1, -0.05) is 0 Å². The lowest BCUT2D eigenvalue weighted by Crippen LogP contribution is -1.99. The first-order valence-corrected chi connectivity index (χ1v) is 3.66. The molecule has 0 unspecified atom stereocenters.